The fraction of sp³-hybridized carbons (Fsp3) is 0.791. The van der Waals surface area contributed by atoms with Crippen molar-refractivity contribution in [3.05, 3.63) is 48.6 Å². The van der Waals surface area contributed by atoms with E-state index in [1.54, 1.807) is 0 Å². The van der Waals surface area contributed by atoms with Crippen molar-refractivity contribution in [2.75, 3.05) is 33.0 Å². The molecular formula is C43H80NO7P. The minimum Gasteiger partial charge on any atom is -0.457 e. The number of phosphoric ester groups is 1. The molecule has 0 aliphatic rings. The first-order chi connectivity index (χ1) is 25.4. The molecule has 0 saturated heterocycles. The Morgan fingerprint density at radius 1 is 0.577 bits per heavy atom. The van der Waals surface area contributed by atoms with E-state index in [1.165, 1.54) is 103 Å². The van der Waals surface area contributed by atoms with Crippen LogP contribution in [-0.4, -0.2) is 49.9 Å². The fourth-order valence-electron chi connectivity index (χ4n) is 5.57. The summed E-state index contributed by atoms with van der Waals surface area (Å²) in [6, 6.07) is 0. The van der Waals surface area contributed by atoms with Crippen LogP contribution >= 0.6 is 7.82 Å². The van der Waals surface area contributed by atoms with Gasteiger partial charge in [-0.05, 0) is 70.6 Å². The summed E-state index contributed by atoms with van der Waals surface area (Å²) >= 11 is 0. The first-order valence-electron chi connectivity index (χ1n) is 21.1. The maximum absolute atomic E-state index is 12.6. The average molecular weight is 754 g/mol. The van der Waals surface area contributed by atoms with E-state index < -0.39 is 13.9 Å². The number of hydrogen-bond donors (Lipinski definition) is 2. The smallest absolute Gasteiger partial charge is 0.457 e. The largest absolute Gasteiger partial charge is 0.472 e. The van der Waals surface area contributed by atoms with Crippen LogP contribution in [0.15, 0.2) is 48.6 Å². The Bertz CT molecular complexity index is 936. The molecule has 2 unspecified atom stereocenters. The second kappa shape index (κ2) is 40.6. The average Bonchev–Trinajstić information content (AvgIpc) is 3.13. The third-order valence-electron chi connectivity index (χ3n) is 8.72. The molecule has 0 aromatic carbocycles. The third kappa shape index (κ3) is 39.7. The van der Waals surface area contributed by atoms with Gasteiger partial charge >= 0.3 is 13.8 Å². The van der Waals surface area contributed by atoms with Crippen molar-refractivity contribution in [1.82, 2.24) is 0 Å². The molecule has 0 fully saturated rings. The molecule has 9 heteroatoms. The Morgan fingerprint density at radius 2 is 1.04 bits per heavy atom. The molecule has 0 aromatic rings. The molecule has 52 heavy (non-hydrogen) atoms. The maximum atomic E-state index is 12.6. The highest BCUT2D eigenvalue weighted by Crippen LogP contribution is 2.43. The van der Waals surface area contributed by atoms with E-state index in [-0.39, 0.29) is 32.3 Å². The SMILES string of the molecule is CCCC/C=C\CCCCCCCCOCC(COP(=O)(O)OCCN)OC(=O)CCCCCCCC/C=C\C/C=C\C/C=C\CCCCCCC. The molecule has 0 saturated carbocycles. The lowest BCUT2D eigenvalue weighted by Gasteiger charge is -2.20. The van der Waals surface area contributed by atoms with E-state index >= 15 is 0 Å². The van der Waals surface area contributed by atoms with Crippen molar-refractivity contribution in [3.63, 3.8) is 0 Å². The Labute approximate surface area is 320 Å². The van der Waals surface area contributed by atoms with Crippen LogP contribution in [0.2, 0.25) is 0 Å². The quantitative estimate of drug-likeness (QED) is 0.0275. The van der Waals surface area contributed by atoms with Crippen LogP contribution in [0.1, 0.15) is 181 Å². The van der Waals surface area contributed by atoms with Crippen molar-refractivity contribution < 1.29 is 32.8 Å². The number of allylic oxidation sites excluding steroid dienone is 8. The van der Waals surface area contributed by atoms with Gasteiger partial charge < -0.3 is 20.1 Å². The van der Waals surface area contributed by atoms with Crippen molar-refractivity contribution in [2.45, 2.75) is 187 Å². The fourth-order valence-corrected chi connectivity index (χ4v) is 6.34. The van der Waals surface area contributed by atoms with Crippen molar-refractivity contribution in [1.29, 1.82) is 0 Å². The summed E-state index contributed by atoms with van der Waals surface area (Å²) < 4.78 is 33.3. The minimum atomic E-state index is -4.28. The topological polar surface area (TPSA) is 117 Å². The Morgan fingerprint density at radius 3 is 1.60 bits per heavy atom. The van der Waals surface area contributed by atoms with Gasteiger partial charge in [0.2, 0.25) is 0 Å². The van der Waals surface area contributed by atoms with Crippen LogP contribution < -0.4 is 5.73 Å². The van der Waals surface area contributed by atoms with Gasteiger partial charge in [0.05, 0.1) is 19.8 Å². The normalized spacial score (nSPS) is 14.0. The van der Waals surface area contributed by atoms with E-state index in [0.29, 0.717) is 13.0 Å². The Hall–Kier alpha value is -1.54. The molecule has 0 bridgehead atoms. The van der Waals surface area contributed by atoms with Crippen LogP contribution in [0.25, 0.3) is 0 Å². The van der Waals surface area contributed by atoms with Gasteiger partial charge in [0.1, 0.15) is 6.10 Å². The minimum absolute atomic E-state index is 0.0955. The predicted octanol–water partition coefficient (Wildman–Crippen LogP) is 12.4. The molecule has 0 aliphatic heterocycles. The number of esters is 1. The number of carbonyl (C=O) groups excluding carboxylic acids is 1. The molecule has 0 aliphatic carbocycles. The standard InChI is InChI=1S/C43H80NO7P/c1-3-5-7-9-11-13-15-17-18-19-20-21-22-23-24-25-26-28-30-32-34-36-43(45)51-42(41-50-52(46,47)49-39-37-44)40-48-38-35-33-31-29-27-16-14-12-10-8-6-4-2/h10,12,15,17,19-20,22-23,42H,3-9,11,13-14,16,18,21,24-41,44H2,1-2H3,(H,46,47)/b12-10-,17-15-,20-19-,23-22-. The molecule has 0 rings (SSSR count). The molecule has 0 aromatic heterocycles. The van der Waals surface area contributed by atoms with Gasteiger partial charge in [-0.1, -0.05) is 152 Å². The molecule has 0 heterocycles. The lowest BCUT2D eigenvalue weighted by atomic mass is 10.1. The molecular weight excluding hydrogens is 673 g/mol. The molecule has 8 nitrogen and oxygen atoms in total. The van der Waals surface area contributed by atoms with Crippen LogP contribution in [0.4, 0.5) is 0 Å². The van der Waals surface area contributed by atoms with Crippen LogP contribution in [0.5, 0.6) is 0 Å². The van der Waals surface area contributed by atoms with E-state index in [2.05, 4.69) is 62.5 Å². The Kier molecular flexibility index (Phi) is 39.4. The van der Waals surface area contributed by atoms with Gasteiger partial charge in [-0.25, -0.2) is 4.57 Å². The van der Waals surface area contributed by atoms with E-state index in [0.717, 1.165) is 57.8 Å². The lowest BCUT2D eigenvalue weighted by Crippen LogP contribution is -2.28. The monoisotopic (exact) mass is 754 g/mol. The molecule has 3 N–H and O–H groups in total. The first kappa shape index (κ1) is 50.5. The zero-order chi connectivity index (χ0) is 38.1. The highest BCUT2D eigenvalue weighted by molar-refractivity contribution is 7.47. The molecule has 304 valence electrons. The number of rotatable bonds is 40. The zero-order valence-corrected chi connectivity index (χ0v) is 34.4. The number of phosphoric acid groups is 1. The summed E-state index contributed by atoms with van der Waals surface area (Å²) in [5.74, 6) is -0.346. The number of unbranched alkanes of at least 4 members (excludes halogenated alkanes) is 19. The van der Waals surface area contributed by atoms with E-state index in [4.69, 9.17) is 24.3 Å². The van der Waals surface area contributed by atoms with Crippen LogP contribution in [0.3, 0.4) is 0 Å². The van der Waals surface area contributed by atoms with Gasteiger partial charge in [-0.2, -0.15) is 0 Å². The van der Waals surface area contributed by atoms with Gasteiger partial charge in [0.25, 0.3) is 0 Å². The Balaban J connectivity index is 4.06. The second-order valence-electron chi connectivity index (χ2n) is 13.8. The second-order valence-corrected chi connectivity index (χ2v) is 15.3. The third-order valence-corrected chi connectivity index (χ3v) is 9.70. The van der Waals surface area contributed by atoms with Crippen LogP contribution in [-0.2, 0) is 27.9 Å². The summed E-state index contributed by atoms with van der Waals surface area (Å²) in [5.41, 5.74) is 5.36. The first-order valence-corrected chi connectivity index (χ1v) is 22.6. The molecule has 2 atom stereocenters. The summed E-state index contributed by atoms with van der Waals surface area (Å²) in [6.07, 6.45) is 46.9. The highest BCUT2D eigenvalue weighted by atomic mass is 31.2. The summed E-state index contributed by atoms with van der Waals surface area (Å²) in [5, 5.41) is 0. The van der Waals surface area contributed by atoms with Crippen molar-refractivity contribution >= 4 is 13.8 Å². The summed E-state index contributed by atoms with van der Waals surface area (Å²) in [4.78, 5) is 22.4. The van der Waals surface area contributed by atoms with Gasteiger partial charge in [-0.3, -0.25) is 13.8 Å². The predicted molar refractivity (Wildman–Crippen MR) is 219 cm³/mol. The van der Waals surface area contributed by atoms with Gasteiger partial charge in [0.15, 0.2) is 0 Å². The van der Waals surface area contributed by atoms with E-state index in [1.807, 2.05) is 0 Å². The summed E-state index contributed by atoms with van der Waals surface area (Å²) in [7, 11) is -4.28. The number of ether oxygens (including phenoxy) is 2. The van der Waals surface area contributed by atoms with Crippen LogP contribution in [0, 0.1) is 0 Å². The number of nitrogens with two attached hydrogens (primary N) is 1. The van der Waals surface area contributed by atoms with Gasteiger partial charge in [-0.15, -0.1) is 0 Å². The van der Waals surface area contributed by atoms with E-state index in [9.17, 15) is 14.3 Å². The molecule has 0 amide bonds. The maximum Gasteiger partial charge on any atom is 0.472 e. The zero-order valence-electron chi connectivity index (χ0n) is 33.5. The van der Waals surface area contributed by atoms with Crippen molar-refractivity contribution in [3.8, 4) is 0 Å². The lowest BCUT2D eigenvalue weighted by molar-refractivity contribution is -0.154. The highest BCUT2D eigenvalue weighted by Gasteiger charge is 2.25. The number of carbonyl (C=O) groups is 1. The summed E-state index contributed by atoms with van der Waals surface area (Å²) in [6.45, 7) is 4.84. The number of hydrogen-bond acceptors (Lipinski definition) is 7. The molecule has 0 spiro atoms. The van der Waals surface area contributed by atoms with Gasteiger partial charge in [0, 0.05) is 19.6 Å². The molecule has 0 radical (unpaired) electrons. The van der Waals surface area contributed by atoms with Crippen molar-refractivity contribution in [2.24, 2.45) is 5.73 Å².